The maximum absolute atomic E-state index is 11.6. The van der Waals surface area contributed by atoms with Gasteiger partial charge in [0.1, 0.15) is 11.6 Å². The highest BCUT2D eigenvalue weighted by molar-refractivity contribution is 5.70. The molecule has 0 saturated carbocycles. The lowest BCUT2D eigenvalue weighted by molar-refractivity contribution is 0.319. The number of hydrogen-bond donors (Lipinski definition) is 3. The fourth-order valence-corrected chi connectivity index (χ4v) is 1.87. The summed E-state index contributed by atoms with van der Waals surface area (Å²) in [5.41, 5.74) is 5.79. The monoisotopic (exact) mass is 271 g/mol. The molecule has 0 aliphatic heterocycles. The Morgan fingerprint density at radius 3 is 2.75 bits per heavy atom. The van der Waals surface area contributed by atoms with Gasteiger partial charge in [0.15, 0.2) is 11.2 Å². The number of benzene rings is 1. The van der Waals surface area contributed by atoms with E-state index in [1.54, 1.807) is 0 Å². The lowest BCUT2D eigenvalue weighted by atomic mass is 10.3. The number of anilines is 1. The van der Waals surface area contributed by atoms with Gasteiger partial charge in [-0.25, -0.2) is 4.98 Å². The number of hydrogen-bond acceptors (Lipinski definition) is 5. The summed E-state index contributed by atoms with van der Waals surface area (Å²) in [5.74, 6) is 1.49. The van der Waals surface area contributed by atoms with Gasteiger partial charge in [-0.05, 0) is 12.1 Å². The molecule has 2 aromatic heterocycles. The SMILES string of the molecule is Nc1nc2nc(CCOc3ccccc3)[nH]c2c(=O)[nH]1. The minimum absolute atomic E-state index is 0.0566. The quantitative estimate of drug-likeness (QED) is 0.651. The Hall–Kier alpha value is -2.83. The highest BCUT2D eigenvalue weighted by Gasteiger charge is 2.08. The molecule has 0 saturated heterocycles. The first-order valence-electron chi connectivity index (χ1n) is 6.14. The van der Waals surface area contributed by atoms with Gasteiger partial charge in [0.05, 0.1) is 6.61 Å². The van der Waals surface area contributed by atoms with Gasteiger partial charge in [-0.15, -0.1) is 0 Å². The topological polar surface area (TPSA) is 110 Å². The number of nitrogen functional groups attached to an aromatic ring is 1. The molecule has 3 rings (SSSR count). The first kappa shape index (κ1) is 12.2. The molecule has 102 valence electrons. The number of imidazole rings is 1. The van der Waals surface area contributed by atoms with Crippen LogP contribution in [-0.2, 0) is 6.42 Å². The molecule has 20 heavy (non-hydrogen) atoms. The van der Waals surface area contributed by atoms with Crippen LogP contribution in [0, 0.1) is 0 Å². The second-order valence-corrected chi connectivity index (χ2v) is 4.24. The van der Waals surface area contributed by atoms with Crippen LogP contribution in [0.15, 0.2) is 35.1 Å². The van der Waals surface area contributed by atoms with E-state index in [9.17, 15) is 4.79 Å². The standard InChI is InChI=1S/C13H13N5O2/c14-13-17-11-10(12(19)18-13)15-9(16-11)6-7-20-8-4-2-1-3-5-8/h1-5H,6-7H2,(H4,14,15,16,17,18,19). The van der Waals surface area contributed by atoms with Gasteiger partial charge < -0.3 is 15.5 Å². The zero-order chi connectivity index (χ0) is 13.9. The minimum atomic E-state index is -0.324. The maximum Gasteiger partial charge on any atom is 0.278 e. The second kappa shape index (κ2) is 5.04. The molecule has 0 aliphatic rings. The van der Waals surface area contributed by atoms with E-state index in [2.05, 4.69) is 19.9 Å². The van der Waals surface area contributed by atoms with Crippen molar-refractivity contribution in [1.82, 2.24) is 19.9 Å². The number of ether oxygens (including phenoxy) is 1. The van der Waals surface area contributed by atoms with Crippen molar-refractivity contribution >= 4 is 17.1 Å². The van der Waals surface area contributed by atoms with Gasteiger partial charge >= 0.3 is 0 Å². The third-order valence-electron chi connectivity index (χ3n) is 2.78. The molecular weight excluding hydrogens is 258 g/mol. The highest BCUT2D eigenvalue weighted by Crippen LogP contribution is 2.09. The van der Waals surface area contributed by atoms with Crippen molar-refractivity contribution in [3.8, 4) is 5.75 Å². The van der Waals surface area contributed by atoms with E-state index in [4.69, 9.17) is 10.5 Å². The van der Waals surface area contributed by atoms with Crippen LogP contribution in [0.2, 0.25) is 0 Å². The van der Waals surface area contributed by atoms with Crippen LogP contribution < -0.4 is 16.0 Å². The third kappa shape index (κ3) is 2.46. The normalized spacial score (nSPS) is 10.8. The van der Waals surface area contributed by atoms with Gasteiger partial charge in [-0.2, -0.15) is 4.98 Å². The molecule has 0 fully saturated rings. The number of nitrogens with two attached hydrogens (primary N) is 1. The van der Waals surface area contributed by atoms with Crippen molar-refractivity contribution in [2.45, 2.75) is 6.42 Å². The summed E-state index contributed by atoms with van der Waals surface area (Å²) in [6.07, 6.45) is 0.546. The van der Waals surface area contributed by atoms with Gasteiger partial charge in [0.25, 0.3) is 5.56 Å². The molecule has 2 heterocycles. The Kier molecular flexibility index (Phi) is 3.08. The number of nitrogens with zero attached hydrogens (tertiary/aromatic N) is 2. The van der Waals surface area contributed by atoms with Crippen molar-refractivity contribution in [3.05, 3.63) is 46.5 Å². The number of fused-ring (bicyclic) bond motifs is 1. The number of aromatic amines is 2. The summed E-state index contributed by atoms with van der Waals surface area (Å²) in [5, 5.41) is 0. The molecular formula is C13H13N5O2. The van der Waals surface area contributed by atoms with E-state index < -0.39 is 0 Å². The Bertz CT molecular complexity index is 778. The first-order valence-corrected chi connectivity index (χ1v) is 6.14. The Morgan fingerprint density at radius 1 is 1.15 bits per heavy atom. The molecule has 0 atom stereocenters. The summed E-state index contributed by atoms with van der Waals surface area (Å²) >= 11 is 0. The molecule has 7 heteroatoms. The van der Waals surface area contributed by atoms with E-state index in [0.717, 1.165) is 5.75 Å². The summed E-state index contributed by atoms with van der Waals surface area (Å²) in [7, 11) is 0. The number of nitrogens with one attached hydrogen (secondary N) is 2. The summed E-state index contributed by atoms with van der Waals surface area (Å²) in [6.45, 7) is 0.456. The van der Waals surface area contributed by atoms with Crippen LogP contribution in [-0.4, -0.2) is 26.5 Å². The van der Waals surface area contributed by atoms with Gasteiger partial charge in [0, 0.05) is 6.42 Å². The van der Waals surface area contributed by atoms with Crippen molar-refractivity contribution in [1.29, 1.82) is 0 Å². The van der Waals surface area contributed by atoms with Crippen molar-refractivity contribution in [3.63, 3.8) is 0 Å². The van der Waals surface area contributed by atoms with Crippen LogP contribution in [0.4, 0.5) is 5.95 Å². The van der Waals surface area contributed by atoms with E-state index in [-0.39, 0.29) is 11.5 Å². The van der Waals surface area contributed by atoms with Crippen LogP contribution in [0.1, 0.15) is 5.82 Å². The number of aromatic nitrogens is 4. The van der Waals surface area contributed by atoms with Crippen molar-refractivity contribution in [2.75, 3.05) is 12.3 Å². The van der Waals surface area contributed by atoms with E-state index in [1.807, 2.05) is 30.3 Å². The third-order valence-corrected chi connectivity index (χ3v) is 2.78. The van der Waals surface area contributed by atoms with E-state index >= 15 is 0 Å². The van der Waals surface area contributed by atoms with Crippen molar-refractivity contribution in [2.24, 2.45) is 0 Å². The Labute approximate surface area is 113 Å². The van der Waals surface area contributed by atoms with Gasteiger partial charge in [0.2, 0.25) is 5.95 Å². The van der Waals surface area contributed by atoms with Crippen LogP contribution >= 0.6 is 0 Å². The maximum atomic E-state index is 11.6. The molecule has 1 aromatic carbocycles. The molecule has 0 radical (unpaired) electrons. The number of rotatable bonds is 4. The number of para-hydroxylation sites is 1. The molecule has 0 bridgehead atoms. The average Bonchev–Trinajstić information content (AvgIpc) is 2.83. The lowest BCUT2D eigenvalue weighted by Crippen LogP contribution is -2.10. The van der Waals surface area contributed by atoms with Crippen LogP contribution in [0.3, 0.4) is 0 Å². The fraction of sp³-hybridized carbons (Fsp3) is 0.154. The average molecular weight is 271 g/mol. The summed E-state index contributed by atoms with van der Waals surface area (Å²) < 4.78 is 5.57. The summed E-state index contributed by atoms with van der Waals surface area (Å²) in [6, 6.07) is 9.50. The molecule has 0 spiro atoms. The van der Waals surface area contributed by atoms with Gasteiger partial charge in [-0.3, -0.25) is 9.78 Å². The van der Waals surface area contributed by atoms with E-state index in [0.29, 0.717) is 30.0 Å². The minimum Gasteiger partial charge on any atom is -0.493 e. The smallest absolute Gasteiger partial charge is 0.278 e. The number of H-pyrrole nitrogens is 2. The fourth-order valence-electron chi connectivity index (χ4n) is 1.87. The van der Waals surface area contributed by atoms with Crippen molar-refractivity contribution < 1.29 is 4.74 Å². The highest BCUT2D eigenvalue weighted by atomic mass is 16.5. The first-order chi connectivity index (χ1) is 9.72. The predicted octanol–water partition coefficient (Wildman–Crippen LogP) is 0.850. The van der Waals surface area contributed by atoms with Crippen LogP contribution in [0.5, 0.6) is 5.75 Å². The second-order valence-electron chi connectivity index (χ2n) is 4.24. The largest absolute Gasteiger partial charge is 0.493 e. The van der Waals surface area contributed by atoms with Crippen LogP contribution in [0.25, 0.3) is 11.2 Å². The molecule has 0 unspecified atom stereocenters. The molecule has 7 nitrogen and oxygen atoms in total. The Balaban J connectivity index is 1.72. The molecule has 3 aromatic rings. The zero-order valence-corrected chi connectivity index (χ0v) is 10.6. The summed E-state index contributed by atoms with van der Waals surface area (Å²) in [4.78, 5) is 25.2. The van der Waals surface area contributed by atoms with E-state index in [1.165, 1.54) is 0 Å². The lowest BCUT2D eigenvalue weighted by Gasteiger charge is -2.03. The van der Waals surface area contributed by atoms with Gasteiger partial charge in [-0.1, -0.05) is 18.2 Å². The zero-order valence-electron chi connectivity index (χ0n) is 10.6. The molecule has 0 aliphatic carbocycles. The molecule has 0 amide bonds. The molecule has 4 N–H and O–H groups in total. The predicted molar refractivity (Wildman–Crippen MR) is 74.6 cm³/mol. The Morgan fingerprint density at radius 2 is 1.95 bits per heavy atom.